The monoisotopic (exact) mass is 250 g/mol. The standard InChI is InChI=1S/C15H14N4/c16-19-15(12-5-3-7-17-9-12)13-8-11-4-1-2-6-14(11)18-10-13/h1-10,15,19H,16H2. The SMILES string of the molecule is NNC(c1cccnc1)c1cnc2ccccc2c1. The van der Waals surface area contributed by atoms with E-state index < -0.39 is 0 Å². The molecule has 0 bridgehead atoms. The van der Waals surface area contributed by atoms with Gasteiger partial charge in [-0.3, -0.25) is 15.8 Å². The summed E-state index contributed by atoms with van der Waals surface area (Å²) in [6, 6.07) is 13.9. The molecule has 3 rings (SSSR count). The second kappa shape index (κ2) is 5.14. The zero-order valence-electron chi connectivity index (χ0n) is 10.3. The zero-order chi connectivity index (χ0) is 13.1. The van der Waals surface area contributed by atoms with Gasteiger partial charge in [-0.1, -0.05) is 24.3 Å². The molecule has 3 N–H and O–H groups in total. The van der Waals surface area contributed by atoms with Gasteiger partial charge in [0.15, 0.2) is 0 Å². The molecule has 2 heterocycles. The summed E-state index contributed by atoms with van der Waals surface area (Å²) in [7, 11) is 0. The number of hydrogen-bond acceptors (Lipinski definition) is 4. The second-order valence-electron chi connectivity index (χ2n) is 4.35. The highest BCUT2D eigenvalue weighted by atomic mass is 15.2. The molecular formula is C15H14N4. The Kier molecular flexibility index (Phi) is 3.18. The largest absolute Gasteiger partial charge is 0.271 e. The molecule has 1 aromatic carbocycles. The molecule has 4 heteroatoms. The minimum atomic E-state index is -0.106. The van der Waals surface area contributed by atoms with Crippen molar-refractivity contribution in [2.75, 3.05) is 0 Å². The van der Waals surface area contributed by atoms with Gasteiger partial charge in [-0.2, -0.15) is 0 Å². The number of benzene rings is 1. The number of fused-ring (bicyclic) bond motifs is 1. The fourth-order valence-electron chi connectivity index (χ4n) is 2.18. The molecule has 1 atom stereocenters. The van der Waals surface area contributed by atoms with Crippen molar-refractivity contribution < 1.29 is 0 Å². The Balaban J connectivity index is 2.06. The summed E-state index contributed by atoms with van der Waals surface area (Å²) < 4.78 is 0. The summed E-state index contributed by atoms with van der Waals surface area (Å²) in [4.78, 5) is 8.58. The Bertz CT molecular complexity index is 682. The number of nitrogens with one attached hydrogen (secondary N) is 1. The Hall–Kier alpha value is -2.30. The van der Waals surface area contributed by atoms with Crippen molar-refractivity contribution >= 4 is 10.9 Å². The lowest BCUT2D eigenvalue weighted by Gasteiger charge is -2.16. The molecule has 0 fully saturated rings. The summed E-state index contributed by atoms with van der Waals surface area (Å²) in [5.41, 5.74) is 5.84. The predicted octanol–water partition coefficient (Wildman–Crippen LogP) is 2.18. The number of aromatic nitrogens is 2. The third kappa shape index (κ3) is 2.31. The highest BCUT2D eigenvalue weighted by Crippen LogP contribution is 2.22. The molecule has 0 aliphatic carbocycles. The summed E-state index contributed by atoms with van der Waals surface area (Å²) in [5.74, 6) is 5.68. The highest BCUT2D eigenvalue weighted by Gasteiger charge is 2.13. The minimum absolute atomic E-state index is 0.106. The number of hydrazine groups is 1. The molecule has 3 aromatic rings. The third-order valence-electron chi connectivity index (χ3n) is 3.13. The van der Waals surface area contributed by atoms with E-state index in [4.69, 9.17) is 5.84 Å². The molecule has 0 aliphatic heterocycles. The molecule has 0 radical (unpaired) electrons. The molecule has 94 valence electrons. The van der Waals surface area contributed by atoms with E-state index in [0.29, 0.717) is 0 Å². The van der Waals surface area contributed by atoms with Crippen LogP contribution in [0, 0.1) is 0 Å². The molecule has 0 spiro atoms. The van der Waals surface area contributed by atoms with Crippen LogP contribution in [0.3, 0.4) is 0 Å². The first kappa shape index (κ1) is 11.8. The van der Waals surface area contributed by atoms with Crippen molar-refractivity contribution in [1.29, 1.82) is 0 Å². The molecule has 0 amide bonds. The topological polar surface area (TPSA) is 63.8 Å². The van der Waals surface area contributed by atoms with Crippen molar-refractivity contribution in [3.63, 3.8) is 0 Å². The van der Waals surface area contributed by atoms with E-state index in [1.54, 1.807) is 12.4 Å². The fraction of sp³-hybridized carbons (Fsp3) is 0.0667. The second-order valence-corrected chi connectivity index (χ2v) is 4.35. The van der Waals surface area contributed by atoms with Crippen LogP contribution in [0.15, 0.2) is 61.1 Å². The molecule has 0 aliphatic rings. The number of nitrogens with zero attached hydrogens (tertiary/aromatic N) is 2. The molecule has 19 heavy (non-hydrogen) atoms. The van der Waals surface area contributed by atoms with Crippen LogP contribution >= 0.6 is 0 Å². The first-order valence-corrected chi connectivity index (χ1v) is 6.09. The van der Waals surface area contributed by atoms with E-state index in [0.717, 1.165) is 22.0 Å². The molecule has 2 aromatic heterocycles. The Morgan fingerprint density at radius 3 is 2.68 bits per heavy atom. The average Bonchev–Trinajstić information content (AvgIpc) is 2.49. The van der Waals surface area contributed by atoms with Crippen LogP contribution in [0.1, 0.15) is 17.2 Å². The molecule has 0 saturated heterocycles. The van der Waals surface area contributed by atoms with Crippen molar-refractivity contribution in [1.82, 2.24) is 15.4 Å². The lowest BCUT2D eigenvalue weighted by atomic mass is 10.0. The lowest BCUT2D eigenvalue weighted by Crippen LogP contribution is -2.29. The van der Waals surface area contributed by atoms with Crippen LogP contribution in [0.4, 0.5) is 0 Å². The van der Waals surface area contributed by atoms with Crippen LogP contribution in [0.25, 0.3) is 10.9 Å². The van der Waals surface area contributed by atoms with E-state index >= 15 is 0 Å². The molecule has 0 saturated carbocycles. The minimum Gasteiger partial charge on any atom is -0.271 e. The maximum Gasteiger partial charge on any atom is 0.0740 e. The van der Waals surface area contributed by atoms with Gasteiger partial charge < -0.3 is 0 Å². The summed E-state index contributed by atoms with van der Waals surface area (Å²) in [5, 5.41) is 1.10. The number of pyridine rings is 2. The van der Waals surface area contributed by atoms with E-state index in [1.165, 1.54) is 0 Å². The molecule has 1 unspecified atom stereocenters. The maximum absolute atomic E-state index is 5.68. The summed E-state index contributed by atoms with van der Waals surface area (Å²) in [6.07, 6.45) is 5.40. The summed E-state index contributed by atoms with van der Waals surface area (Å²) in [6.45, 7) is 0. The van der Waals surface area contributed by atoms with E-state index in [2.05, 4.69) is 21.5 Å². The number of hydrogen-bond donors (Lipinski definition) is 2. The van der Waals surface area contributed by atoms with Crippen molar-refractivity contribution in [3.05, 3.63) is 72.2 Å². The number of rotatable bonds is 3. The molecular weight excluding hydrogens is 236 g/mol. The van der Waals surface area contributed by atoms with Crippen LogP contribution in [-0.2, 0) is 0 Å². The predicted molar refractivity (Wildman–Crippen MR) is 75.1 cm³/mol. The van der Waals surface area contributed by atoms with E-state index in [9.17, 15) is 0 Å². The van der Waals surface area contributed by atoms with Gasteiger partial charge in [0.2, 0.25) is 0 Å². The quantitative estimate of drug-likeness (QED) is 0.552. The lowest BCUT2D eigenvalue weighted by molar-refractivity contribution is 0.633. The van der Waals surface area contributed by atoms with Gasteiger partial charge in [0, 0.05) is 24.0 Å². The van der Waals surface area contributed by atoms with Crippen molar-refractivity contribution in [3.8, 4) is 0 Å². The van der Waals surface area contributed by atoms with Gasteiger partial charge in [0.1, 0.15) is 0 Å². The smallest absolute Gasteiger partial charge is 0.0740 e. The van der Waals surface area contributed by atoms with Gasteiger partial charge in [-0.05, 0) is 29.3 Å². The highest BCUT2D eigenvalue weighted by molar-refractivity contribution is 5.78. The van der Waals surface area contributed by atoms with Gasteiger partial charge in [0.25, 0.3) is 0 Å². The Morgan fingerprint density at radius 2 is 1.89 bits per heavy atom. The maximum atomic E-state index is 5.68. The third-order valence-corrected chi connectivity index (χ3v) is 3.13. The van der Waals surface area contributed by atoms with Crippen LogP contribution in [-0.4, -0.2) is 9.97 Å². The Labute approximate surface area is 111 Å². The molecule has 4 nitrogen and oxygen atoms in total. The van der Waals surface area contributed by atoms with Gasteiger partial charge >= 0.3 is 0 Å². The first-order valence-electron chi connectivity index (χ1n) is 6.09. The van der Waals surface area contributed by atoms with Gasteiger partial charge in [-0.25, -0.2) is 5.43 Å². The van der Waals surface area contributed by atoms with Crippen LogP contribution < -0.4 is 11.3 Å². The van der Waals surface area contributed by atoms with E-state index in [-0.39, 0.29) is 6.04 Å². The number of nitrogens with two attached hydrogens (primary N) is 1. The van der Waals surface area contributed by atoms with Crippen molar-refractivity contribution in [2.24, 2.45) is 5.84 Å². The summed E-state index contributed by atoms with van der Waals surface area (Å²) >= 11 is 0. The van der Waals surface area contributed by atoms with E-state index in [1.807, 2.05) is 42.6 Å². The first-order chi connectivity index (χ1) is 9.38. The zero-order valence-corrected chi connectivity index (χ0v) is 10.3. The van der Waals surface area contributed by atoms with Gasteiger partial charge in [0.05, 0.1) is 11.6 Å². The van der Waals surface area contributed by atoms with Crippen LogP contribution in [0.2, 0.25) is 0 Å². The van der Waals surface area contributed by atoms with Crippen molar-refractivity contribution in [2.45, 2.75) is 6.04 Å². The Morgan fingerprint density at radius 1 is 1.00 bits per heavy atom. The number of para-hydroxylation sites is 1. The fourth-order valence-corrected chi connectivity index (χ4v) is 2.18. The van der Waals surface area contributed by atoms with Gasteiger partial charge in [-0.15, -0.1) is 0 Å². The van der Waals surface area contributed by atoms with Crippen LogP contribution in [0.5, 0.6) is 0 Å². The average molecular weight is 250 g/mol. The normalized spacial score (nSPS) is 12.5.